The van der Waals surface area contributed by atoms with E-state index < -0.39 is 0 Å². The van der Waals surface area contributed by atoms with Crippen LogP contribution in [0, 0.1) is 13.8 Å². The lowest BCUT2D eigenvalue weighted by Gasteiger charge is -2.29. The zero-order valence-electron chi connectivity index (χ0n) is 15.1. The Morgan fingerprint density at radius 1 is 0.917 bits per heavy atom. The molecule has 3 heteroatoms. The molecule has 0 fully saturated rings. The fourth-order valence-corrected chi connectivity index (χ4v) is 3.57. The molecular formula is C21H27NO2. The Morgan fingerprint density at radius 2 is 1.54 bits per heavy atom. The van der Waals surface area contributed by atoms with Crippen LogP contribution >= 0.6 is 0 Å². The van der Waals surface area contributed by atoms with Crippen molar-refractivity contribution < 1.29 is 9.47 Å². The molecule has 3 rings (SSSR count). The molecule has 0 bridgehead atoms. The first-order chi connectivity index (χ1) is 11.6. The quantitative estimate of drug-likeness (QED) is 0.887. The lowest BCUT2D eigenvalue weighted by atomic mass is 9.88. The van der Waals surface area contributed by atoms with Gasteiger partial charge >= 0.3 is 0 Å². The van der Waals surface area contributed by atoms with Crippen LogP contribution in [-0.2, 0) is 6.42 Å². The minimum atomic E-state index is 0.210. The van der Waals surface area contributed by atoms with Crippen molar-refractivity contribution in [3.8, 4) is 11.5 Å². The summed E-state index contributed by atoms with van der Waals surface area (Å²) in [5, 5.41) is 3.67. The van der Waals surface area contributed by atoms with Crippen LogP contribution in [-0.4, -0.2) is 19.8 Å². The van der Waals surface area contributed by atoms with Gasteiger partial charge in [-0.25, -0.2) is 0 Å². The maximum absolute atomic E-state index is 5.83. The standard InChI is InChI=1S/C21H27NO2/c1-5-23-19-12-16-7-8-22-21(18(16)13-20(19)24-6-2)17-10-14(3)9-15(4)11-17/h9-13,21-22H,5-8H2,1-4H3. The zero-order chi connectivity index (χ0) is 17.1. The number of hydrogen-bond acceptors (Lipinski definition) is 3. The predicted molar refractivity (Wildman–Crippen MR) is 98.2 cm³/mol. The van der Waals surface area contributed by atoms with Gasteiger partial charge in [-0.2, -0.15) is 0 Å². The molecule has 1 N–H and O–H groups in total. The summed E-state index contributed by atoms with van der Waals surface area (Å²) < 4.78 is 11.6. The fourth-order valence-electron chi connectivity index (χ4n) is 3.57. The van der Waals surface area contributed by atoms with Gasteiger partial charge in [0, 0.05) is 6.54 Å². The molecule has 1 heterocycles. The lowest BCUT2D eigenvalue weighted by molar-refractivity contribution is 0.286. The van der Waals surface area contributed by atoms with Gasteiger partial charge in [0.15, 0.2) is 11.5 Å². The molecule has 24 heavy (non-hydrogen) atoms. The summed E-state index contributed by atoms with van der Waals surface area (Å²) in [5.41, 5.74) is 6.58. The summed E-state index contributed by atoms with van der Waals surface area (Å²) in [4.78, 5) is 0. The average Bonchev–Trinajstić information content (AvgIpc) is 2.54. The van der Waals surface area contributed by atoms with E-state index in [0.29, 0.717) is 13.2 Å². The lowest BCUT2D eigenvalue weighted by Crippen LogP contribution is -2.30. The van der Waals surface area contributed by atoms with E-state index in [1.807, 2.05) is 13.8 Å². The highest BCUT2D eigenvalue weighted by molar-refractivity contribution is 5.52. The van der Waals surface area contributed by atoms with Crippen LogP contribution in [0.15, 0.2) is 30.3 Å². The molecule has 3 nitrogen and oxygen atoms in total. The van der Waals surface area contributed by atoms with Crippen molar-refractivity contribution in [3.05, 3.63) is 58.1 Å². The minimum absolute atomic E-state index is 0.210. The van der Waals surface area contributed by atoms with E-state index in [1.54, 1.807) is 0 Å². The maximum atomic E-state index is 5.83. The molecule has 0 spiro atoms. The first-order valence-electron chi connectivity index (χ1n) is 8.86. The van der Waals surface area contributed by atoms with Crippen molar-refractivity contribution >= 4 is 0 Å². The normalized spacial score (nSPS) is 16.6. The Hall–Kier alpha value is -2.00. The number of nitrogens with one attached hydrogen (secondary N) is 1. The number of benzene rings is 2. The van der Waals surface area contributed by atoms with Crippen molar-refractivity contribution in [2.45, 2.75) is 40.2 Å². The average molecular weight is 325 g/mol. The molecule has 128 valence electrons. The molecule has 1 unspecified atom stereocenters. The number of fused-ring (bicyclic) bond motifs is 1. The van der Waals surface area contributed by atoms with E-state index in [0.717, 1.165) is 24.5 Å². The Labute approximate surface area is 145 Å². The van der Waals surface area contributed by atoms with Crippen molar-refractivity contribution in [2.75, 3.05) is 19.8 Å². The van der Waals surface area contributed by atoms with E-state index in [1.165, 1.54) is 27.8 Å². The summed E-state index contributed by atoms with van der Waals surface area (Å²) >= 11 is 0. The summed E-state index contributed by atoms with van der Waals surface area (Å²) in [6.07, 6.45) is 1.02. The van der Waals surface area contributed by atoms with Gasteiger partial charge in [-0.15, -0.1) is 0 Å². The largest absolute Gasteiger partial charge is 0.490 e. The molecule has 2 aromatic carbocycles. The zero-order valence-corrected chi connectivity index (χ0v) is 15.1. The van der Waals surface area contributed by atoms with Crippen LogP contribution < -0.4 is 14.8 Å². The van der Waals surface area contributed by atoms with Crippen molar-refractivity contribution in [1.82, 2.24) is 5.32 Å². The minimum Gasteiger partial charge on any atom is -0.490 e. The van der Waals surface area contributed by atoms with Gasteiger partial charge in [0.1, 0.15) is 0 Å². The number of rotatable bonds is 5. The van der Waals surface area contributed by atoms with E-state index in [-0.39, 0.29) is 6.04 Å². The van der Waals surface area contributed by atoms with Gasteiger partial charge in [0.2, 0.25) is 0 Å². The Balaban J connectivity index is 2.07. The van der Waals surface area contributed by atoms with Gasteiger partial charge < -0.3 is 14.8 Å². The molecule has 0 saturated carbocycles. The van der Waals surface area contributed by atoms with Gasteiger partial charge in [0.25, 0.3) is 0 Å². The molecule has 0 aliphatic carbocycles. The first kappa shape index (κ1) is 16.8. The van der Waals surface area contributed by atoms with Crippen molar-refractivity contribution in [2.24, 2.45) is 0 Å². The summed E-state index contributed by atoms with van der Waals surface area (Å²) in [5.74, 6) is 1.70. The van der Waals surface area contributed by atoms with Crippen LogP contribution in [0.25, 0.3) is 0 Å². The Bertz CT molecular complexity index is 704. The third-order valence-electron chi connectivity index (χ3n) is 4.44. The molecule has 1 atom stereocenters. The Kier molecular flexibility index (Phi) is 5.10. The summed E-state index contributed by atoms with van der Waals surface area (Å²) in [6, 6.07) is 11.3. The summed E-state index contributed by atoms with van der Waals surface area (Å²) in [7, 11) is 0. The van der Waals surface area contributed by atoms with E-state index in [2.05, 4.69) is 49.5 Å². The molecule has 0 radical (unpaired) electrons. The molecule has 0 aromatic heterocycles. The van der Waals surface area contributed by atoms with Crippen LogP contribution in [0.1, 0.15) is 47.7 Å². The first-order valence-corrected chi connectivity index (χ1v) is 8.86. The number of ether oxygens (including phenoxy) is 2. The second-order valence-electron chi connectivity index (χ2n) is 6.42. The highest BCUT2D eigenvalue weighted by atomic mass is 16.5. The smallest absolute Gasteiger partial charge is 0.161 e. The van der Waals surface area contributed by atoms with Gasteiger partial charge in [-0.05, 0) is 62.9 Å². The van der Waals surface area contributed by atoms with E-state index in [9.17, 15) is 0 Å². The topological polar surface area (TPSA) is 30.5 Å². The fraction of sp³-hybridized carbons (Fsp3) is 0.429. The molecule has 2 aromatic rings. The van der Waals surface area contributed by atoms with Crippen LogP contribution in [0.2, 0.25) is 0 Å². The predicted octanol–water partition coefficient (Wildman–Crippen LogP) is 4.34. The van der Waals surface area contributed by atoms with E-state index >= 15 is 0 Å². The molecule has 0 saturated heterocycles. The van der Waals surface area contributed by atoms with E-state index in [4.69, 9.17) is 9.47 Å². The number of hydrogen-bond donors (Lipinski definition) is 1. The highest BCUT2D eigenvalue weighted by Crippen LogP contribution is 2.38. The monoisotopic (exact) mass is 325 g/mol. The van der Waals surface area contributed by atoms with Gasteiger partial charge in [0.05, 0.1) is 19.3 Å². The van der Waals surface area contributed by atoms with Crippen molar-refractivity contribution in [3.63, 3.8) is 0 Å². The van der Waals surface area contributed by atoms with Crippen LogP contribution in [0.5, 0.6) is 11.5 Å². The summed E-state index contributed by atoms with van der Waals surface area (Å²) in [6.45, 7) is 10.6. The van der Waals surface area contributed by atoms with Crippen LogP contribution in [0.3, 0.4) is 0 Å². The van der Waals surface area contributed by atoms with Crippen molar-refractivity contribution in [1.29, 1.82) is 0 Å². The maximum Gasteiger partial charge on any atom is 0.161 e. The second-order valence-corrected chi connectivity index (χ2v) is 6.42. The van der Waals surface area contributed by atoms with Gasteiger partial charge in [-0.3, -0.25) is 0 Å². The molecule has 1 aliphatic rings. The molecule has 0 amide bonds. The molecule has 1 aliphatic heterocycles. The van der Waals surface area contributed by atoms with Crippen LogP contribution in [0.4, 0.5) is 0 Å². The SMILES string of the molecule is CCOc1cc2c(cc1OCC)C(c1cc(C)cc(C)c1)NCC2. The molecular weight excluding hydrogens is 298 g/mol. The third-order valence-corrected chi connectivity index (χ3v) is 4.44. The third kappa shape index (κ3) is 3.41. The van der Waals surface area contributed by atoms with Gasteiger partial charge in [-0.1, -0.05) is 29.3 Å². The second kappa shape index (κ2) is 7.27. The highest BCUT2D eigenvalue weighted by Gasteiger charge is 2.24. The Morgan fingerprint density at radius 3 is 2.17 bits per heavy atom. The number of aryl methyl sites for hydroxylation is 2.